The van der Waals surface area contributed by atoms with E-state index in [0.717, 1.165) is 12.2 Å². The van der Waals surface area contributed by atoms with Crippen LogP contribution in [0.3, 0.4) is 0 Å². The quantitative estimate of drug-likeness (QED) is 0.820. The Kier molecular flexibility index (Phi) is 5.37. The van der Waals surface area contributed by atoms with E-state index in [1.165, 1.54) is 12.1 Å². The fourth-order valence-electron chi connectivity index (χ4n) is 2.43. The maximum Gasteiger partial charge on any atom is 0.258 e. The number of amides is 1. The lowest BCUT2D eigenvalue weighted by Crippen LogP contribution is -2.37. The molecule has 23 heavy (non-hydrogen) atoms. The molecule has 0 aliphatic carbocycles. The fourth-order valence-corrected chi connectivity index (χ4v) is 2.43. The van der Waals surface area contributed by atoms with Crippen molar-refractivity contribution in [3.05, 3.63) is 59.9 Å². The molecule has 0 heterocycles. The Morgan fingerprint density at radius 3 is 2.00 bits per heavy atom. The van der Waals surface area contributed by atoms with Crippen LogP contribution in [0.1, 0.15) is 31.1 Å². The Balaban J connectivity index is 2.29. The summed E-state index contributed by atoms with van der Waals surface area (Å²) in [5.41, 5.74) is 2.39. The van der Waals surface area contributed by atoms with Gasteiger partial charge in [0, 0.05) is 36.6 Å². The second-order valence-corrected chi connectivity index (χ2v) is 5.81. The monoisotopic (exact) mass is 314 g/mol. The summed E-state index contributed by atoms with van der Waals surface area (Å²) in [6.45, 7) is 6.87. The summed E-state index contributed by atoms with van der Waals surface area (Å²) in [5.74, 6) is -0.394. The Morgan fingerprint density at radius 2 is 1.52 bits per heavy atom. The van der Waals surface area contributed by atoms with Gasteiger partial charge in [-0.05, 0) is 69.3 Å². The van der Waals surface area contributed by atoms with Gasteiger partial charge >= 0.3 is 0 Å². The van der Waals surface area contributed by atoms with E-state index in [4.69, 9.17) is 0 Å². The Hall–Kier alpha value is -2.36. The number of anilines is 2. The normalized spacial score (nSPS) is 10.7. The molecule has 0 saturated carbocycles. The number of nitrogens with zero attached hydrogens (tertiary/aromatic N) is 2. The summed E-state index contributed by atoms with van der Waals surface area (Å²) >= 11 is 0. The zero-order chi connectivity index (χ0) is 17.0. The molecular weight excluding hydrogens is 291 g/mol. The van der Waals surface area contributed by atoms with Crippen molar-refractivity contribution in [2.24, 2.45) is 0 Å². The SMILES string of the molecule is CCN(C)c1ccc(C(=O)N(c2ccc(F)cc2)C(C)C)cc1. The van der Waals surface area contributed by atoms with E-state index in [1.54, 1.807) is 17.0 Å². The number of rotatable bonds is 5. The van der Waals surface area contributed by atoms with Gasteiger partial charge < -0.3 is 9.80 Å². The smallest absolute Gasteiger partial charge is 0.258 e. The molecule has 3 nitrogen and oxygen atoms in total. The second-order valence-electron chi connectivity index (χ2n) is 5.81. The largest absolute Gasteiger partial charge is 0.375 e. The molecule has 0 bridgehead atoms. The van der Waals surface area contributed by atoms with Gasteiger partial charge in [-0.1, -0.05) is 0 Å². The van der Waals surface area contributed by atoms with Crippen LogP contribution in [0.2, 0.25) is 0 Å². The summed E-state index contributed by atoms with van der Waals surface area (Å²) in [6, 6.07) is 13.5. The van der Waals surface area contributed by atoms with Gasteiger partial charge in [0.2, 0.25) is 0 Å². The van der Waals surface area contributed by atoms with Gasteiger partial charge in [0.15, 0.2) is 0 Å². The summed E-state index contributed by atoms with van der Waals surface area (Å²) in [4.78, 5) is 16.6. The molecule has 0 aliphatic rings. The van der Waals surface area contributed by atoms with Crippen molar-refractivity contribution in [3.8, 4) is 0 Å². The molecule has 1 amide bonds. The van der Waals surface area contributed by atoms with Gasteiger partial charge in [-0.2, -0.15) is 0 Å². The topological polar surface area (TPSA) is 23.6 Å². The van der Waals surface area contributed by atoms with Crippen LogP contribution in [0.4, 0.5) is 15.8 Å². The second kappa shape index (κ2) is 7.27. The molecule has 0 spiro atoms. The highest BCUT2D eigenvalue weighted by Crippen LogP contribution is 2.22. The van der Waals surface area contributed by atoms with Crippen LogP contribution in [0.15, 0.2) is 48.5 Å². The average molecular weight is 314 g/mol. The molecule has 0 aromatic heterocycles. The highest BCUT2D eigenvalue weighted by molar-refractivity contribution is 6.06. The van der Waals surface area contributed by atoms with E-state index in [2.05, 4.69) is 11.8 Å². The van der Waals surface area contributed by atoms with Gasteiger partial charge in [-0.15, -0.1) is 0 Å². The van der Waals surface area contributed by atoms with Gasteiger partial charge in [-0.25, -0.2) is 4.39 Å². The van der Waals surface area contributed by atoms with Crippen LogP contribution >= 0.6 is 0 Å². The van der Waals surface area contributed by atoms with E-state index in [1.807, 2.05) is 45.2 Å². The van der Waals surface area contributed by atoms with Crippen molar-refractivity contribution >= 4 is 17.3 Å². The third kappa shape index (κ3) is 3.89. The maximum absolute atomic E-state index is 13.1. The van der Waals surface area contributed by atoms with Crippen LogP contribution in [-0.2, 0) is 0 Å². The molecule has 2 rings (SSSR count). The number of hydrogen-bond donors (Lipinski definition) is 0. The van der Waals surface area contributed by atoms with Crippen LogP contribution in [0.25, 0.3) is 0 Å². The van der Waals surface area contributed by atoms with E-state index < -0.39 is 0 Å². The van der Waals surface area contributed by atoms with Gasteiger partial charge in [0.25, 0.3) is 5.91 Å². The molecule has 0 fully saturated rings. The van der Waals surface area contributed by atoms with Crippen molar-refractivity contribution in [2.45, 2.75) is 26.8 Å². The van der Waals surface area contributed by atoms with Crippen molar-refractivity contribution in [1.29, 1.82) is 0 Å². The van der Waals surface area contributed by atoms with Crippen LogP contribution < -0.4 is 9.80 Å². The number of halogens is 1. The predicted octanol–water partition coefficient (Wildman–Crippen LogP) is 4.34. The molecule has 4 heteroatoms. The first-order chi connectivity index (χ1) is 10.9. The average Bonchev–Trinajstić information content (AvgIpc) is 2.56. The molecule has 0 saturated heterocycles. The summed E-state index contributed by atoms with van der Waals surface area (Å²) in [5, 5.41) is 0. The van der Waals surface area contributed by atoms with E-state index in [-0.39, 0.29) is 17.8 Å². The number of benzene rings is 2. The fraction of sp³-hybridized carbons (Fsp3) is 0.316. The molecule has 0 atom stereocenters. The first kappa shape index (κ1) is 17.0. The van der Waals surface area contributed by atoms with Gasteiger partial charge in [0.05, 0.1) is 0 Å². The molecule has 0 aliphatic heterocycles. The van der Waals surface area contributed by atoms with Crippen LogP contribution in [0, 0.1) is 5.82 Å². The minimum atomic E-state index is -0.308. The lowest BCUT2D eigenvalue weighted by molar-refractivity contribution is 0.0980. The highest BCUT2D eigenvalue weighted by Gasteiger charge is 2.20. The van der Waals surface area contributed by atoms with Gasteiger partial charge in [0.1, 0.15) is 5.82 Å². The number of carbonyl (C=O) groups is 1. The van der Waals surface area contributed by atoms with E-state index >= 15 is 0 Å². The molecule has 0 unspecified atom stereocenters. The lowest BCUT2D eigenvalue weighted by atomic mass is 10.1. The minimum absolute atomic E-state index is 0.0223. The van der Waals surface area contributed by atoms with Crippen molar-refractivity contribution in [1.82, 2.24) is 0 Å². The lowest BCUT2D eigenvalue weighted by Gasteiger charge is -2.27. The molecule has 0 radical (unpaired) electrons. The predicted molar refractivity (Wildman–Crippen MR) is 93.7 cm³/mol. The third-order valence-electron chi connectivity index (χ3n) is 3.87. The first-order valence-electron chi connectivity index (χ1n) is 7.84. The number of carbonyl (C=O) groups excluding carboxylic acids is 1. The molecular formula is C19H23FN2O. The zero-order valence-corrected chi connectivity index (χ0v) is 14.1. The van der Waals surface area contributed by atoms with Crippen molar-refractivity contribution in [2.75, 3.05) is 23.4 Å². The molecule has 2 aromatic carbocycles. The highest BCUT2D eigenvalue weighted by atomic mass is 19.1. The minimum Gasteiger partial charge on any atom is -0.375 e. The summed E-state index contributed by atoms with van der Waals surface area (Å²) < 4.78 is 13.1. The molecule has 0 N–H and O–H groups in total. The van der Waals surface area contributed by atoms with Gasteiger partial charge in [-0.3, -0.25) is 4.79 Å². The first-order valence-corrected chi connectivity index (χ1v) is 7.84. The summed E-state index contributed by atoms with van der Waals surface area (Å²) in [6.07, 6.45) is 0. The Labute approximate surface area is 137 Å². The van der Waals surface area contributed by atoms with E-state index in [0.29, 0.717) is 11.3 Å². The molecule has 2 aromatic rings. The van der Waals surface area contributed by atoms with Crippen molar-refractivity contribution < 1.29 is 9.18 Å². The van der Waals surface area contributed by atoms with Crippen molar-refractivity contribution in [3.63, 3.8) is 0 Å². The third-order valence-corrected chi connectivity index (χ3v) is 3.87. The van der Waals surface area contributed by atoms with Crippen LogP contribution in [-0.4, -0.2) is 25.5 Å². The molecule has 122 valence electrons. The van der Waals surface area contributed by atoms with Crippen LogP contribution in [0.5, 0.6) is 0 Å². The number of hydrogen-bond acceptors (Lipinski definition) is 2. The standard InChI is InChI=1S/C19H23FN2O/c1-5-21(4)17-10-6-15(7-11-17)19(23)22(14(2)3)18-12-8-16(20)9-13-18/h6-14H,5H2,1-4H3. The zero-order valence-electron chi connectivity index (χ0n) is 14.1. The summed E-state index contributed by atoms with van der Waals surface area (Å²) in [7, 11) is 2.01. The maximum atomic E-state index is 13.1. The Morgan fingerprint density at radius 1 is 1.00 bits per heavy atom. The van der Waals surface area contributed by atoms with E-state index in [9.17, 15) is 9.18 Å². The Bertz CT molecular complexity index is 650.